The molecule has 0 radical (unpaired) electrons. The van der Waals surface area contributed by atoms with E-state index in [2.05, 4.69) is 10.3 Å². The van der Waals surface area contributed by atoms with Gasteiger partial charge in [-0.15, -0.1) is 0 Å². The molecule has 114 valence electrons. The molecule has 0 saturated heterocycles. The number of nitrogens with two attached hydrogens (primary N) is 1. The van der Waals surface area contributed by atoms with E-state index >= 15 is 0 Å². The normalized spacial score (nSPS) is 21.8. The van der Waals surface area contributed by atoms with Gasteiger partial charge in [-0.25, -0.2) is 0 Å². The molecule has 2 rings (SSSR count). The second kappa shape index (κ2) is 6.11. The highest BCUT2D eigenvalue weighted by atomic mass is 16.4. The highest BCUT2D eigenvalue weighted by Gasteiger charge is 2.26. The molecule has 0 aromatic carbocycles. The number of nitrogens with zero attached hydrogens (tertiary/aromatic N) is 1. The Balaban J connectivity index is 2.13. The van der Waals surface area contributed by atoms with Gasteiger partial charge in [-0.2, -0.15) is 0 Å². The minimum Gasteiger partial charge on any atom is -0.481 e. The lowest BCUT2D eigenvalue weighted by molar-refractivity contribution is -0.142. The van der Waals surface area contributed by atoms with E-state index in [1.807, 2.05) is 13.0 Å². The second-order valence-electron chi connectivity index (χ2n) is 5.67. The predicted octanol–water partition coefficient (Wildman–Crippen LogP) is 1.85. The molecule has 1 aliphatic rings. The number of primary amides is 1. The molecule has 0 unspecified atom stereocenters. The first-order chi connectivity index (χ1) is 9.88. The van der Waals surface area contributed by atoms with Crippen molar-refractivity contribution in [3.63, 3.8) is 0 Å². The quantitative estimate of drug-likeness (QED) is 0.785. The van der Waals surface area contributed by atoms with Crippen LogP contribution in [0.15, 0.2) is 6.07 Å². The number of rotatable bonds is 4. The monoisotopic (exact) mass is 291 g/mol. The van der Waals surface area contributed by atoms with Crippen LogP contribution in [-0.2, 0) is 4.79 Å². The first-order valence-corrected chi connectivity index (χ1v) is 7.16. The average molecular weight is 291 g/mol. The Morgan fingerprint density at radius 1 is 1.29 bits per heavy atom. The third-order valence-corrected chi connectivity index (χ3v) is 4.01. The van der Waals surface area contributed by atoms with E-state index < -0.39 is 11.9 Å². The van der Waals surface area contributed by atoms with E-state index in [0.29, 0.717) is 29.8 Å². The summed E-state index contributed by atoms with van der Waals surface area (Å²) in [4.78, 5) is 26.8. The lowest BCUT2D eigenvalue weighted by Crippen LogP contribution is -2.30. The van der Waals surface area contributed by atoms with Crippen molar-refractivity contribution in [2.75, 3.05) is 5.32 Å². The van der Waals surface area contributed by atoms with Crippen molar-refractivity contribution in [1.82, 2.24) is 4.98 Å². The summed E-state index contributed by atoms with van der Waals surface area (Å²) in [6.07, 6.45) is 2.86. The van der Waals surface area contributed by atoms with Gasteiger partial charge < -0.3 is 16.2 Å². The predicted molar refractivity (Wildman–Crippen MR) is 79.2 cm³/mol. The van der Waals surface area contributed by atoms with Crippen molar-refractivity contribution in [3.8, 4) is 0 Å². The van der Waals surface area contributed by atoms with Crippen molar-refractivity contribution in [3.05, 3.63) is 23.0 Å². The first-order valence-electron chi connectivity index (χ1n) is 7.16. The van der Waals surface area contributed by atoms with Crippen LogP contribution in [0.25, 0.3) is 0 Å². The molecule has 0 atom stereocenters. The maximum atomic E-state index is 11.6. The topological polar surface area (TPSA) is 105 Å². The molecule has 0 bridgehead atoms. The van der Waals surface area contributed by atoms with E-state index in [1.165, 1.54) is 0 Å². The number of aliphatic carboxylic acids is 1. The van der Waals surface area contributed by atoms with Crippen molar-refractivity contribution in [2.24, 2.45) is 11.7 Å². The van der Waals surface area contributed by atoms with Gasteiger partial charge in [0, 0.05) is 11.7 Å². The van der Waals surface area contributed by atoms with Gasteiger partial charge in [-0.05, 0) is 45.6 Å². The van der Waals surface area contributed by atoms with Gasteiger partial charge in [0.1, 0.15) is 0 Å². The van der Waals surface area contributed by atoms with Crippen LogP contribution in [0.5, 0.6) is 0 Å². The van der Waals surface area contributed by atoms with Gasteiger partial charge in [0.2, 0.25) is 0 Å². The molecule has 0 aliphatic heterocycles. The Kier molecular flexibility index (Phi) is 4.45. The van der Waals surface area contributed by atoms with E-state index in [9.17, 15) is 9.59 Å². The van der Waals surface area contributed by atoms with Crippen LogP contribution >= 0.6 is 0 Å². The van der Waals surface area contributed by atoms with E-state index in [0.717, 1.165) is 18.5 Å². The molecule has 1 fully saturated rings. The Bertz CT molecular complexity index is 564. The van der Waals surface area contributed by atoms with Crippen molar-refractivity contribution < 1.29 is 14.7 Å². The number of aryl methyl sites for hydroxylation is 2. The summed E-state index contributed by atoms with van der Waals surface area (Å²) < 4.78 is 0. The van der Waals surface area contributed by atoms with Gasteiger partial charge in [0.05, 0.1) is 22.9 Å². The minimum absolute atomic E-state index is 0.167. The fourth-order valence-electron chi connectivity index (χ4n) is 2.96. The lowest BCUT2D eigenvalue weighted by Gasteiger charge is -2.28. The summed E-state index contributed by atoms with van der Waals surface area (Å²) >= 11 is 0. The molecule has 1 aliphatic carbocycles. The van der Waals surface area contributed by atoms with Gasteiger partial charge >= 0.3 is 5.97 Å². The zero-order chi connectivity index (χ0) is 15.6. The largest absolute Gasteiger partial charge is 0.481 e. The number of amides is 1. The number of carbonyl (C=O) groups is 2. The van der Waals surface area contributed by atoms with E-state index in [4.69, 9.17) is 10.8 Å². The number of carbonyl (C=O) groups excluding carboxylic acids is 1. The summed E-state index contributed by atoms with van der Waals surface area (Å²) in [5, 5.41) is 12.4. The number of hydrogen-bond acceptors (Lipinski definition) is 4. The number of nitrogens with one attached hydrogen (secondary N) is 1. The molecule has 4 N–H and O–H groups in total. The smallest absolute Gasteiger partial charge is 0.306 e. The van der Waals surface area contributed by atoms with Crippen molar-refractivity contribution in [2.45, 2.75) is 45.6 Å². The number of pyridine rings is 1. The Labute approximate surface area is 123 Å². The second-order valence-corrected chi connectivity index (χ2v) is 5.67. The lowest BCUT2D eigenvalue weighted by atomic mass is 9.86. The molecule has 21 heavy (non-hydrogen) atoms. The summed E-state index contributed by atoms with van der Waals surface area (Å²) in [5.41, 5.74) is 7.99. The molecule has 6 nitrogen and oxygen atoms in total. The highest BCUT2D eigenvalue weighted by Crippen LogP contribution is 2.28. The molecule has 1 aromatic heterocycles. The summed E-state index contributed by atoms with van der Waals surface area (Å²) in [5.74, 6) is -1.47. The van der Waals surface area contributed by atoms with E-state index in [1.54, 1.807) is 6.92 Å². The fraction of sp³-hybridized carbons (Fsp3) is 0.533. The molecular formula is C15H21N3O3. The van der Waals surface area contributed by atoms with E-state index in [-0.39, 0.29) is 12.0 Å². The SMILES string of the molecule is Cc1cc(NC2CCC(C(=O)O)CC2)c(C(N)=O)c(C)n1. The third kappa shape index (κ3) is 3.51. The Hall–Kier alpha value is -2.11. The molecule has 1 saturated carbocycles. The zero-order valence-electron chi connectivity index (χ0n) is 12.3. The zero-order valence-corrected chi connectivity index (χ0v) is 12.3. The minimum atomic E-state index is -0.720. The molecule has 1 aromatic rings. The van der Waals surface area contributed by atoms with Gasteiger partial charge in [0.15, 0.2) is 0 Å². The Morgan fingerprint density at radius 3 is 2.43 bits per heavy atom. The van der Waals surface area contributed by atoms with Gasteiger partial charge in [0.25, 0.3) is 5.91 Å². The van der Waals surface area contributed by atoms with Crippen LogP contribution in [0.2, 0.25) is 0 Å². The summed E-state index contributed by atoms with van der Waals surface area (Å²) in [6, 6.07) is 1.98. The van der Waals surface area contributed by atoms with Crippen molar-refractivity contribution >= 4 is 17.6 Å². The summed E-state index contributed by atoms with van der Waals surface area (Å²) in [7, 11) is 0. The summed E-state index contributed by atoms with van der Waals surface area (Å²) in [6.45, 7) is 3.63. The molecule has 6 heteroatoms. The highest BCUT2D eigenvalue weighted by molar-refractivity contribution is 5.99. The molecule has 1 heterocycles. The number of carboxylic acids is 1. The van der Waals surface area contributed by atoms with Crippen LogP contribution in [0.1, 0.15) is 47.4 Å². The van der Waals surface area contributed by atoms with Crippen LogP contribution < -0.4 is 11.1 Å². The molecule has 1 amide bonds. The fourth-order valence-corrected chi connectivity index (χ4v) is 2.96. The number of hydrogen-bond donors (Lipinski definition) is 3. The average Bonchev–Trinajstić information content (AvgIpc) is 2.37. The number of carboxylic acid groups (broad SMARTS) is 1. The first kappa shape index (κ1) is 15.3. The van der Waals surface area contributed by atoms with Crippen molar-refractivity contribution in [1.29, 1.82) is 0 Å². The van der Waals surface area contributed by atoms with Gasteiger partial charge in [-0.3, -0.25) is 14.6 Å². The molecular weight excluding hydrogens is 270 g/mol. The van der Waals surface area contributed by atoms with Crippen LogP contribution in [-0.4, -0.2) is 28.0 Å². The third-order valence-electron chi connectivity index (χ3n) is 4.01. The van der Waals surface area contributed by atoms with Crippen LogP contribution in [0.3, 0.4) is 0 Å². The number of anilines is 1. The maximum absolute atomic E-state index is 11.6. The van der Waals surface area contributed by atoms with Gasteiger partial charge in [-0.1, -0.05) is 0 Å². The molecule has 0 spiro atoms. The maximum Gasteiger partial charge on any atom is 0.306 e. The van der Waals surface area contributed by atoms with Crippen LogP contribution in [0.4, 0.5) is 5.69 Å². The number of aromatic nitrogens is 1. The Morgan fingerprint density at radius 2 is 1.90 bits per heavy atom. The standard InChI is InChI=1S/C15H21N3O3/c1-8-7-12(13(14(16)19)9(2)17-8)18-11-5-3-10(4-6-11)15(20)21/h7,10-11H,3-6H2,1-2H3,(H2,16,19)(H,17,18)(H,20,21). The van der Waals surface area contributed by atoms with Crippen LogP contribution in [0, 0.1) is 19.8 Å².